The van der Waals surface area contributed by atoms with Gasteiger partial charge in [0.25, 0.3) is 5.56 Å². The van der Waals surface area contributed by atoms with Crippen molar-refractivity contribution in [3.05, 3.63) is 70.6 Å². The third kappa shape index (κ3) is 4.27. The van der Waals surface area contributed by atoms with Crippen LogP contribution in [-0.4, -0.2) is 35.2 Å². The largest absolute Gasteiger partial charge is 0.354 e. The Morgan fingerprint density at radius 3 is 2.48 bits per heavy atom. The van der Waals surface area contributed by atoms with Crippen molar-refractivity contribution in [2.45, 2.75) is 30.7 Å². The van der Waals surface area contributed by atoms with Gasteiger partial charge >= 0.3 is 0 Å². The van der Waals surface area contributed by atoms with Gasteiger partial charge in [-0.1, -0.05) is 37.3 Å². The number of aryl methyl sites for hydroxylation is 1. The van der Waals surface area contributed by atoms with Crippen LogP contribution in [0.25, 0.3) is 21.8 Å². The van der Waals surface area contributed by atoms with Gasteiger partial charge in [-0.15, -0.1) is 0 Å². The summed E-state index contributed by atoms with van der Waals surface area (Å²) in [5, 5.41) is 13.8. The third-order valence-corrected chi connectivity index (χ3v) is 6.70. The van der Waals surface area contributed by atoms with E-state index in [2.05, 4.69) is 10.4 Å². The molecule has 4 rings (SSSR count). The second-order valence-corrected chi connectivity index (χ2v) is 9.44. The first-order valence-electron chi connectivity index (χ1n) is 10.6. The first-order valence-corrected chi connectivity index (χ1v) is 12.1. The van der Waals surface area contributed by atoms with Gasteiger partial charge in [0.2, 0.25) is 15.9 Å². The Balaban J connectivity index is 1.60. The molecule has 1 atom stereocenters. The van der Waals surface area contributed by atoms with Crippen molar-refractivity contribution in [1.29, 1.82) is 0 Å². The standard InChI is InChI=1S/C23H25N5O4S/c1-3-19(22(29)25-13-12-15-8-10-16(11-9-15)33(24,31)32)28-20-7-5-4-6-17(20)18-14-26-27(2)23(30)21(18)28/h4-11,14,19H,3,12-13H2,1-2H3,(H,25,29)(H2,24,31,32)/t19-/m1/s1. The van der Waals surface area contributed by atoms with Crippen LogP contribution in [0, 0.1) is 0 Å². The Hall–Kier alpha value is -3.50. The van der Waals surface area contributed by atoms with Crippen molar-refractivity contribution >= 4 is 37.7 Å². The fourth-order valence-corrected chi connectivity index (χ4v) is 4.61. The highest BCUT2D eigenvalue weighted by molar-refractivity contribution is 7.89. The zero-order chi connectivity index (χ0) is 23.8. The van der Waals surface area contributed by atoms with Gasteiger partial charge in [0, 0.05) is 24.4 Å². The van der Waals surface area contributed by atoms with E-state index in [1.807, 2.05) is 35.8 Å². The van der Waals surface area contributed by atoms with Crippen LogP contribution in [0.4, 0.5) is 0 Å². The van der Waals surface area contributed by atoms with Crippen LogP contribution >= 0.6 is 0 Å². The lowest BCUT2D eigenvalue weighted by Gasteiger charge is -2.19. The van der Waals surface area contributed by atoms with E-state index in [4.69, 9.17) is 5.14 Å². The molecule has 0 fully saturated rings. The van der Waals surface area contributed by atoms with E-state index in [0.717, 1.165) is 21.9 Å². The Morgan fingerprint density at radius 2 is 1.82 bits per heavy atom. The predicted molar refractivity (Wildman–Crippen MR) is 126 cm³/mol. The number of rotatable bonds is 7. The summed E-state index contributed by atoms with van der Waals surface area (Å²) in [7, 11) is -2.15. The molecule has 3 N–H and O–H groups in total. The molecule has 172 valence electrons. The van der Waals surface area contributed by atoms with Crippen molar-refractivity contribution in [1.82, 2.24) is 19.7 Å². The summed E-state index contributed by atoms with van der Waals surface area (Å²) in [5.74, 6) is -0.194. The van der Waals surface area contributed by atoms with Gasteiger partial charge in [-0.2, -0.15) is 5.10 Å². The maximum absolute atomic E-state index is 13.2. The lowest BCUT2D eigenvalue weighted by Crippen LogP contribution is -2.34. The van der Waals surface area contributed by atoms with E-state index in [-0.39, 0.29) is 16.4 Å². The number of sulfonamides is 1. The number of hydrogen-bond donors (Lipinski definition) is 2. The highest BCUT2D eigenvalue weighted by atomic mass is 32.2. The molecule has 0 radical (unpaired) electrons. The average Bonchev–Trinajstić information content (AvgIpc) is 3.12. The molecule has 0 aliphatic carbocycles. The van der Waals surface area contributed by atoms with E-state index >= 15 is 0 Å². The van der Waals surface area contributed by atoms with Crippen LogP contribution in [0.3, 0.4) is 0 Å². The van der Waals surface area contributed by atoms with Gasteiger partial charge in [0.1, 0.15) is 11.6 Å². The van der Waals surface area contributed by atoms with Crippen molar-refractivity contribution in [2.24, 2.45) is 12.2 Å². The summed E-state index contributed by atoms with van der Waals surface area (Å²) in [6.07, 6.45) is 2.67. The van der Waals surface area contributed by atoms with Gasteiger partial charge in [-0.05, 0) is 36.6 Å². The molecule has 10 heteroatoms. The maximum Gasteiger partial charge on any atom is 0.291 e. The molecule has 0 saturated heterocycles. The lowest BCUT2D eigenvalue weighted by atomic mass is 10.1. The van der Waals surface area contributed by atoms with Gasteiger partial charge in [-0.3, -0.25) is 9.59 Å². The second-order valence-electron chi connectivity index (χ2n) is 7.88. The number of nitrogens with two attached hydrogens (primary N) is 1. The van der Waals surface area contributed by atoms with Crippen LogP contribution in [0.1, 0.15) is 24.9 Å². The summed E-state index contributed by atoms with van der Waals surface area (Å²) >= 11 is 0. The van der Waals surface area contributed by atoms with Crippen molar-refractivity contribution in [2.75, 3.05) is 6.54 Å². The Labute approximate surface area is 190 Å². The normalized spacial score (nSPS) is 12.8. The molecular weight excluding hydrogens is 442 g/mol. The van der Waals surface area contributed by atoms with E-state index in [1.165, 1.54) is 16.8 Å². The van der Waals surface area contributed by atoms with Crippen molar-refractivity contribution in [3.63, 3.8) is 0 Å². The van der Waals surface area contributed by atoms with Crippen LogP contribution in [0.5, 0.6) is 0 Å². The van der Waals surface area contributed by atoms with Crippen LogP contribution < -0.4 is 16.0 Å². The van der Waals surface area contributed by atoms with Crippen molar-refractivity contribution < 1.29 is 13.2 Å². The molecule has 2 heterocycles. The zero-order valence-corrected chi connectivity index (χ0v) is 19.2. The average molecular weight is 468 g/mol. The number of para-hydroxylation sites is 1. The topological polar surface area (TPSA) is 129 Å². The predicted octanol–water partition coefficient (Wildman–Crippen LogP) is 1.85. The van der Waals surface area contributed by atoms with Gasteiger partial charge in [0.15, 0.2) is 0 Å². The number of nitrogens with zero attached hydrogens (tertiary/aromatic N) is 3. The number of benzene rings is 2. The minimum atomic E-state index is -3.74. The molecule has 0 aliphatic rings. The number of fused-ring (bicyclic) bond motifs is 3. The Bertz CT molecular complexity index is 1500. The number of nitrogens with one attached hydrogen (secondary N) is 1. The van der Waals surface area contributed by atoms with Gasteiger partial charge in [0.05, 0.1) is 16.6 Å². The SMILES string of the molecule is CC[C@H](C(=O)NCCc1ccc(S(N)(=O)=O)cc1)n1c2ccccc2c2cnn(C)c(=O)c21. The van der Waals surface area contributed by atoms with Gasteiger partial charge < -0.3 is 9.88 Å². The fourth-order valence-electron chi connectivity index (χ4n) is 4.09. The van der Waals surface area contributed by atoms with E-state index in [0.29, 0.717) is 24.9 Å². The molecule has 2 aromatic carbocycles. The maximum atomic E-state index is 13.2. The Morgan fingerprint density at radius 1 is 1.12 bits per heavy atom. The number of hydrogen-bond acceptors (Lipinski definition) is 5. The summed E-state index contributed by atoms with van der Waals surface area (Å²) < 4.78 is 25.9. The number of aromatic nitrogens is 3. The molecule has 1 amide bonds. The first kappa shape index (κ1) is 22.7. The number of carbonyl (C=O) groups is 1. The number of primary sulfonamides is 1. The Kier molecular flexibility index (Phi) is 6.05. The molecule has 0 bridgehead atoms. The van der Waals surface area contributed by atoms with Crippen molar-refractivity contribution in [3.8, 4) is 0 Å². The van der Waals surface area contributed by atoms with E-state index < -0.39 is 16.1 Å². The number of amides is 1. The van der Waals surface area contributed by atoms with Crippen LogP contribution in [-0.2, 0) is 28.3 Å². The third-order valence-electron chi connectivity index (χ3n) is 5.77. The summed E-state index contributed by atoms with van der Waals surface area (Å²) in [6, 6.07) is 13.3. The van der Waals surface area contributed by atoms with Crippen LogP contribution in [0.2, 0.25) is 0 Å². The quantitative estimate of drug-likeness (QED) is 0.429. The molecule has 0 saturated carbocycles. The minimum Gasteiger partial charge on any atom is -0.354 e. The molecular formula is C23H25N5O4S. The zero-order valence-electron chi connectivity index (χ0n) is 18.4. The summed E-state index contributed by atoms with van der Waals surface area (Å²) in [6.45, 7) is 2.27. The molecule has 2 aromatic heterocycles. The lowest BCUT2D eigenvalue weighted by molar-refractivity contribution is -0.124. The molecule has 9 nitrogen and oxygen atoms in total. The molecule has 0 aliphatic heterocycles. The minimum absolute atomic E-state index is 0.0452. The molecule has 33 heavy (non-hydrogen) atoms. The van der Waals surface area contributed by atoms with Gasteiger partial charge in [-0.25, -0.2) is 18.2 Å². The first-order chi connectivity index (χ1) is 15.7. The fraction of sp³-hybridized carbons (Fsp3) is 0.261. The highest BCUT2D eigenvalue weighted by Crippen LogP contribution is 2.30. The van der Waals surface area contributed by atoms with Crippen LogP contribution in [0.15, 0.2) is 64.4 Å². The smallest absolute Gasteiger partial charge is 0.291 e. The highest BCUT2D eigenvalue weighted by Gasteiger charge is 2.25. The monoisotopic (exact) mass is 467 g/mol. The summed E-state index contributed by atoms with van der Waals surface area (Å²) in [5.41, 5.74) is 1.87. The molecule has 0 spiro atoms. The molecule has 0 unspecified atom stereocenters. The summed E-state index contributed by atoms with van der Waals surface area (Å²) in [4.78, 5) is 26.2. The molecule has 4 aromatic rings. The number of carbonyl (C=O) groups excluding carboxylic acids is 1. The second kappa shape index (κ2) is 8.80. The van der Waals surface area contributed by atoms with E-state index in [1.54, 1.807) is 25.4 Å². The van der Waals surface area contributed by atoms with E-state index in [9.17, 15) is 18.0 Å².